The molecule has 0 fully saturated rings. The normalized spacial score (nSPS) is 12.1. The number of fused-ring (bicyclic) bond motifs is 1. The number of pyridine rings is 2. The van der Waals surface area contributed by atoms with E-state index in [2.05, 4.69) is 52.3 Å². The van der Waals surface area contributed by atoms with Crippen LogP contribution in [-0.2, 0) is 4.74 Å². The van der Waals surface area contributed by atoms with Gasteiger partial charge in [0.1, 0.15) is 11.8 Å². The summed E-state index contributed by atoms with van der Waals surface area (Å²) in [5.74, 6) is 0.920. The first-order valence-corrected chi connectivity index (χ1v) is 13.7. The highest BCUT2D eigenvalue weighted by Gasteiger charge is 2.24. The van der Waals surface area contributed by atoms with Crippen LogP contribution in [0.4, 0.5) is 0 Å². The molecule has 2 aromatic carbocycles. The Morgan fingerprint density at radius 1 is 0.902 bits per heavy atom. The Labute approximate surface area is 239 Å². The van der Waals surface area contributed by atoms with Crippen molar-refractivity contribution in [1.29, 1.82) is 5.41 Å². The summed E-state index contributed by atoms with van der Waals surface area (Å²) < 4.78 is 13.3. The minimum Gasteiger partial charge on any atom is -0.475 e. The monoisotopic (exact) mass is 541 g/mol. The highest BCUT2D eigenvalue weighted by molar-refractivity contribution is 5.97. The molecule has 0 amide bonds. The second-order valence-corrected chi connectivity index (χ2v) is 10.4. The summed E-state index contributed by atoms with van der Waals surface area (Å²) in [6.45, 7) is 7.71. The lowest BCUT2D eigenvalue weighted by Crippen LogP contribution is -2.13. The van der Waals surface area contributed by atoms with Crippen LogP contribution >= 0.6 is 0 Å². The molecule has 0 saturated heterocycles. The smallest absolute Gasteiger partial charge is 0.213 e. The van der Waals surface area contributed by atoms with E-state index in [-0.39, 0.29) is 18.0 Å². The largest absolute Gasteiger partial charge is 0.475 e. The zero-order valence-electron chi connectivity index (χ0n) is 23.5. The van der Waals surface area contributed by atoms with Crippen LogP contribution in [0.1, 0.15) is 48.2 Å². The summed E-state index contributed by atoms with van der Waals surface area (Å²) >= 11 is 0. The van der Waals surface area contributed by atoms with Crippen LogP contribution in [0, 0.1) is 19.3 Å². The molecule has 41 heavy (non-hydrogen) atoms. The Kier molecular flexibility index (Phi) is 6.93. The lowest BCUT2D eigenvalue weighted by atomic mass is 10.0. The van der Waals surface area contributed by atoms with Crippen molar-refractivity contribution < 1.29 is 9.26 Å². The van der Waals surface area contributed by atoms with Crippen LogP contribution < -0.4 is 0 Å². The maximum atomic E-state index is 8.29. The highest BCUT2D eigenvalue weighted by Crippen LogP contribution is 2.38. The Morgan fingerprint density at radius 2 is 1.66 bits per heavy atom. The second kappa shape index (κ2) is 10.8. The van der Waals surface area contributed by atoms with E-state index >= 15 is 0 Å². The molecule has 0 radical (unpaired) electrons. The van der Waals surface area contributed by atoms with Crippen LogP contribution in [0.2, 0.25) is 0 Å². The van der Waals surface area contributed by atoms with E-state index in [1.54, 1.807) is 0 Å². The molecule has 7 heteroatoms. The van der Waals surface area contributed by atoms with Gasteiger partial charge in [0, 0.05) is 40.8 Å². The number of ether oxygens (including phenoxy) is 1. The van der Waals surface area contributed by atoms with Gasteiger partial charge in [-0.05, 0) is 69.2 Å². The van der Waals surface area contributed by atoms with Crippen molar-refractivity contribution in [3.05, 3.63) is 126 Å². The van der Waals surface area contributed by atoms with Crippen molar-refractivity contribution >= 4 is 16.9 Å². The minimum atomic E-state index is -0.178. The minimum absolute atomic E-state index is 0.0576. The maximum Gasteiger partial charge on any atom is 0.213 e. The molecule has 6 rings (SSSR count). The number of aromatic nitrogens is 4. The third-order valence-electron chi connectivity index (χ3n) is 7.16. The lowest BCUT2D eigenvalue weighted by molar-refractivity contribution is 0.227. The molecule has 204 valence electrons. The summed E-state index contributed by atoms with van der Waals surface area (Å²) in [6, 6.07) is 26.3. The van der Waals surface area contributed by atoms with Crippen molar-refractivity contribution in [1.82, 2.24) is 19.7 Å². The highest BCUT2D eigenvalue weighted by atomic mass is 16.5. The van der Waals surface area contributed by atoms with Gasteiger partial charge in [-0.3, -0.25) is 15.4 Å². The number of aryl methyl sites for hydroxylation is 2. The van der Waals surface area contributed by atoms with E-state index in [1.165, 1.54) is 0 Å². The van der Waals surface area contributed by atoms with Crippen molar-refractivity contribution in [2.24, 2.45) is 0 Å². The fourth-order valence-corrected chi connectivity index (χ4v) is 5.34. The van der Waals surface area contributed by atoms with E-state index in [9.17, 15) is 0 Å². The summed E-state index contributed by atoms with van der Waals surface area (Å²) in [5, 5.41) is 12.5. The van der Waals surface area contributed by atoms with Gasteiger partial charge in [-0.15, -0.1) is 0 Å². The molecule has 4 aromatic heterocycles. The molecule has 0 aliphatic carbocycles. The van der Waals surface area contributed by atoms with E-state index in [1.807, 2.05) is 82.6 Å². The SMILES string of the molecule is Cc1noc(C)c1-c1cnc2c(-c3ccc(C(=N)OC(C)C)cc3)cn([C@H](c3ccccc3)c3ccccn3)c2c1. The molecule has 1 N–H and O–H groups in total. The molecule has 7 nitrogen and oxygen atoms in total. The second-order valence-electron chi connectivity index (χ2n) is 10.4. The van der Waals surface area contributed by atoms with Gasteiger partial charge >= 0.3 is 0 Å². The molecule has 0 bridgehead atoms. The summed E-state index contributed by atoms with van der Waals surface area (Å²) in [4.78, 5) is 9.78. The predicted octanol–water partition coefficient (Wildman–Crippen LogP) is 7.76. The number of nitrogens with one attached hydrogen (secondary N) is 1. The average molecular weight is 542 g/mol. The molecule has 4 heterocycles. The van der Waals surface area contributed by atoms with Crippen LogP contribution in [0.25, 0.3) is 33.3 Å². The molecule has 1 atom stereocenters. The topological polar surface area (TPSA) is 89.8 Å². The molecular formula is C34H31N5O2. The van der Waals surface area contributed by atoms with Gasteiger partial charge in [-0.1, -0.05) is 53.7 Å². The van der Waals surface area contributed by atoms with Crippen molar-refractivity contribution in [2.45, 2.75) is 39.8 Å². The van der Waals surface area contributed by atoms with Crippen LogP contribution in [0.5, 0.6) is 0 Å². The summed E-state index contributed by atoms with van der Waals surface area (Å²) in [7, 11) is 0. The van der Waals surface area contributed by atoms with Gasteiger partial charge in [0.15, 0.2) is 0 Å². The third kappa shape index (κ3) is 5.02. The van der Waals surface area contributed by atoms with Gasteiger partial charge in [0.05, 0.1) is 28.5 Å². The molecule has 0 aliphatic rings. The van der Waals surface area contributed by atoms with Crippen molar-refractivity contribution in [2.75, 3.05) is 0 Å². The number of rotatable bonds is 7. The van der Waals surface area contributed by atoms with Gasteiger partial charge in [-0.2, -0.15) is 0 Å². The summed E-state index contributed by atoms with van der Waals surface area (Å²) in [5.41, 5.74) is 9.34. The van der Waals surface area contributed by atoms with Crippen molar-refractivity contribution in [3.63, 3.8) is 0 Å². The molecule has 0 saturated carbocycles. The first kappa shape index (κ1) is 26.2. The van der Waals surface area contributed by atoms with Gasteiger partial charge in [0.2, 0.25) is 5.90 Å². The predicted molar refractivity (Wildman–Crippen MR) is 161 cm³/mol. The standard InChI is InChI=1S/C34H31N5O2/c1-21(2)40-34(35)26-15-13-24(14-16-26)28-20-39(33(25-10-6-5-7-11-25)29-12-8-9-17-36-29)30-18-27(19-37-32(28)30)31-22(3)38-41-23(31)4/h5-21,33,35H,1-4H3/t33-/m1/s1. The Bertz CT molecular complexity index is 1760. The first-order valence-electron chi connectivity index (χ1n) is 13.7. The number of hydrogen-bond acceptors (Lipinski definition) is 6. The first-order chi connectivity index (χ1) is 19.9. The van der Waals surface area contributed by atoms with E-state index < -0.39 is 0 Å². The van der Waals surface area contributed by atoms with Crippen molar-refractivity contribution in [3.8, 4) is 22.3 Å². The fraction of sp³-hybridized carbons (Fsp3) is 0.176. The van der Waals surface area contributed by atoms with Gasteiger partial charge in [-0.25, -0.2) is 0 Å². The average Bonchev–Trinajstić information content (AvgIpc) is 3.52. The van der Waals surface area contributed by atoms with Gasteiger partial charge < -0.3 is 13.8 Å². The molecule has 0 spiro atoms. The zero-order valence-corrected chi connectivity index (χ0v) is 23.5. The van der Waals surface area contributed by atoms with Gasteiger partial charge in [0.25, 0.3) is 0 Å². The van der Waals surface area contributed by atoms with E-state index in [0.29, 0.717) is 0 Å². The Hall–Kier alpha value is -5.04. The molecule has 6 aromatic rings. The Morgan fingerprint density at radius 3 is 2.32 bits per heavy atom. The number of hydrogen-bond donors (Lipinski definition) is 1. The zero-order chi connectivity index (χ0) is 28.5. The number of nitrogens with zero attached hydrogens (tertiary/aromatic N) is 4. The third-order valence-corrected chi connectivity index (χ3v) is 7.16. The van der Waals surface area contributed by atoms with E-state index in [0.717, 1.165) is 61.6 Å². The maximum absolute atomic E-state index is 8.29. The molecule has 0 unspecified atom stereocenters. The van der Waals surface area contributed by atoms with Crippen LogP contribution in [-0.4, -0.2) is 31.7 Å². The Balaban J connectivity index is 1.57. The molecular weight excluding hydrogens is 510 g/mol. The lowest BCUT2D eigenvalue weighted by Gasteiger charge is -2.20. The quantitative estimate of drug-likeness (QED) is 0.165. The van der Waals surface area contributed by atoms with Crippen LogP contribution in [0.3, 0.4) is 0 Å². The number of benzene rings is 2. The summed E-state index contributed by atoms with van der Waals surface area (Å²) in [6.07, 6.45) is 5.82. The van der Waals surface area contributed by atoms with Crippen LogP contribution in [0.15, 0.2) is 102 Å². The fourth-order valence-electron chi connectivity index (χ4n) is 5.34. The molecule has 0 aliphatic heterocycles. The van der Waals surface area contributed by atoms with E-state index in [4.69, 9.17) is 24.6 Å².